The van der Waals surface area contributed by atoms with E-state index in [1.807, 2.05) is 23.0 Å². The number of hydrogen-bond acceptors (Lipinski definition) is 2. The Hall–Kier alpha value is 0.650. The van der Waals surface area contributed by atoms with Crippen LogP contribution >= 0.6 is 23.0 Å². The summed E-state index contributed by atoms with van der Waals surface area (Å²) in [6.45, 7) is 2.88. The lowest BCUT2D eigenvalue weighted by Crippen LogP contribution is -2.16. The molecule has 0 heterocycles. The lowest BCUT2D eigenvalue weighted by molar-refractivity contribution is 0.110. The van der Waals surface area contributed by atoms with E-state index in [9.17, 15) is 5.11 Å². The van der Waals surface area contributed by atoms with Crippen LogP contribution in [0.5, 0.6) is 0 Å². The van der Waals surface area contributed by atoms with E-state index in [0.29, 0.717) is 18.4 Å². The van der Waals surface area contributed by atoms with E-state index >= 15 is 0 Å². The molecular weight excluding hydrogens is 243 g/mol. The highest BCUT2D eigenvalue weighted by molar-refractivity contribution is 14.1. The third-order valence-corrected chi connectivity index (χ3v) is 2.53. The average Bonchev–Trinajstić information content (AvgIpc) is 2.13. The fourth-order valence-electron chi connectivity index (χ4n) is 1.63. The first-order chi connectivity index (χ1) is 4.74. The van der Waals surface area contributed by atoms with Crippen molar-refractivity contribution in [3.63, 3.8) is 0 Å². The molecule has 3 atom stereocenters. The van der Waals surface area contributed by atoms with Crippen LogP contribution in [0, 0.1) is 11.8 Å². The first-order valence-corrected chi connectivity index (χ1v) is 4.53. The smallest absolute Gasteiger partial charge is 0.109 e. The molecule has 1 aliphatic rings. The first kappa shape index (κ1) is 8.74. The van der Waals surface area contributed by atoms with Crippen molar-refractivity contribution in [2.45, 2.75) is 25.9 Å². The zero-order valence-electron chi connectivity index (χ0n) is 6.09. The summed E-state index contributed by atoms with van der Waals surface area (Å²) < 4.78 is 4.95. The van der Waals surface area contributed by atoms with Crippen LogP contribution in [0.3, 0.4) is 0 Å². The van der Waals surface area contributed by atoms with E-state index in [-0.39, 0.29) is 6.10 Å². The van der Waals surface area contributed by atoms with Gasteiger partial charge in [0.25, 0.3) is 0 Å². The minimum absolute atomic E-state index is 0.121. The molecule has 0 aromatic heterocycles. The fraction of sp³-hybridized carbons (Fsp3) is 1.00. The van der Waals surface area contributed by atoms with Gasteiger partial charge in [0.2, 0.25) is 0 Å². The second-order valence-corrected chi connectivity index (χ2v) is 3.80. The first-order valence-electron chi connectivity index (χ1n) is 3.65. The van der Waals surface area contributed by atoms with Gasteiger partial charge in [0, 0.05) is 5.92 Å². The molecule has 1 fully saturated rings. The van der Waals surface area contributed by atoms with Crippen molar-refractivity contribution >= 4 is 23.0 Å². The molecule has 0 amide bonds. The molecule has 0 saturated heterocycles. The second-order valence-electron chi connectivity index (χ2n) is 3.18. The van der Waals surface area contributed by atoms with E-state index in [4.69, 9.17) is 3.07 Å². The summed E-state index contributed by atoms with van der Waals surface area (Å²) in [5, 5.41) is 9.41. The molecule has 0 radical (unpaired) electrons. The average molecular weight is 256 g/mol. The molecule has 0 spiro atoms. The molecule has 1 N–H and O–H groups in total. The Bertz CT molecular complexity index is 108. The van der Waals surface area contributed by atoms with Gasteiger partial charge in [-0.3, -0.25) is 0 Å². The Morgan fingerprint density at radius 2 is 2.30 bits per heavy atom. The van der Waals surface area contributed by atoms with Gasteiger partial charge in [-0.15, -0.1) is 0 Å². The summed E-state index contributed by atoms with van der Waals surface area (Å²) in [4.78, 5) is 0. The highest BCUT2D eigenvalue weighted by atomic mass is 127. The highest BCUT2D eigenvalue weighted by Gasteiger charge is 2.30. The van der Waals surface area contributed by atoms with Crippen molar-refractivity contribution in [1.29, 1.82) is 0 Å². The van der Waals surface area contributed by atoms with Crippen molar-refractivity contribution in [2.24, 2.45) is 11.8 Å². The fourth-order valence-corrected chi connectivity index (χ4v) is 2.10. The van der Waals surface area contributed by atoms with Gasteiger partial charge in [0.15, 0.2) is 0 Å². The van der Waals surface area contributed by atoms with Crippen LogP contribution in [-0.2, 0) is 3.07 Å². The summed E-state index contributed by atoms with van der Waals surface area (Å²) >= 11 is 1.88. The molecule has 1 aliphatic carbocycles. The maximum Gasteiger partial charge on any atom is 0.109 e. The van der Waals surface area contributed by atoms with Crippen molar-refractivity contribution < 1.29 is 8.17 Å². The van der Waals surface area contributed by atoms with Gasteiger partial charge in [-0.1, -0.05) is 6.92 Å². The summed E-state index contributed by atoms with van der Waals surface area (Å²) in [6, 6.07) is 0. The van der Waals surface area contributed by atoms with E-state index < -0.39 is 0 Å². The quantitative estimate of drug-likeness (QED) is 0.763. The molecule has 60 valence electrons. The third-order valence-electron chi connectivity index (χ3n) is 2.17. The molecule has 0 aromatic rings. The number of rotatable bonds is 2. The van der Waals surface area contributed by atoms with Crippen LogP contribution in [0.15, 0.2) is 0 Å². The summed E-state index contributed by atoms with van der Waals surface area (Å²) in [5.74, 6) is 1.05. The lowest BCUT2D eigenvalue weighted by atomic mass is 10.1. The van der Waals surface area contributed by atoms with Crippen LogP contribution in [0.1, 0.15) is 19.8 Å². The standard InChI is InChI=1S/C7H13IO2/c1-5-2-6(4-10-8)7(9)3-5/h5-7,9H,2-4H2,1H3. The number of aliphatic hydroxyl groups is 1. The molecule has 10 heavy (non-hydrogen) atoms. The molecule has 0 aromatic carbocycles. The Morgan fingerprint density at radius 3 is 2.70 bits per heavy atom. The number of hydrogen-bond donors (Lipinski definition) is 1. The predicted octanol–water partition coefficient (Wildman–Crippen LogP) is 1.76. The number of halogens is 1. The van der Waals surface area contributed by atoms with Crippen molar-refractivity contribution in [3.8, 4) is 0 Å². The third kappa shape index (κ3) is 2.07. The zero-order chi connectivity index (χ0) is 7.56. The maximum atomic E-state index is 9.41. The monoisotopic (exact) mass is 256 g/mol. The van der Waals surface area contributed by atoms with Crippen LogP contribution in [0.25, 0.3) is 0 Å². The van der Waals surface area contributed by atoms with Gasteiger partial charge in [-0.2, -0.15) is 0 Å². The minimum Gasteiger partial charge on any atom is -0.393 e. The predicted molar refractivity (Wildman–Crippen MR) is 47.9 cm³/mol. The normalized spacial score (nSPS) is 40.5. The van der Waals surface area contributed by atoms with E-state index in [0.717, 1.165) is 12.8 Å². The highest BCUT2D eigenvalue weighted by Crippen LogP contribution is 2.31. The molecule has 0 aliphatic heterocycles. The Balaban J connectivity index is 2.31. The van der Waals surface area contributed by atoms with Gasteiger partial charge in [0.1, 0.15) is 23.0 Å². The van der Waals surface area contributed by atoms with Crippen LogP contribution < -0.4 is 0 Å². The maximum absolute atomic E-state index is 9.41. The summed E-state index contributed by atoms with van der Waals surface area (Å²) in [7, 11) is 0. The van der Waals surface area contributed by atoms with Crippen molar-refractivity contribution in [3.05, 3.63) is 0 Å². The molecule has 3 heteroatoms. The summed E-state index contributed by atoms with van der Waals surface area (Å²) in [5.41, 5.74) is 0. The zero-order valence-corrected chi connectivity index (χ0v) is 8.24. The molecule has 0 bridgehead atoms. The van der Waals surface area contributed by atoms with E-state index in [2.05, 4.69) is 6.92 Å². The Kier molecular flexibility index (Phi) is 3.39. The van der Waals surface area contributed by atoms with E-state index in [1.165, 1.54) is 0 Å². The minimum atomic E-state index is -0.121. The molecule has 3 unspecified atom stereocenters. The van der Waals surface area contributed by atoms with Gasteiger partial charge in [0.05, 0.1) is 12.7 Å². The van der Waals surface area contributed by atoms with Crippen molar-refractivity contribution in [2.75, 3.05) is 6.61 Å². The summed E-state index contributed by atoms with van der Waals surface area (Å²) in [6.07, 6.45) is 1.94. The largest absolute Gasteiger partial charge is 0.393 e. The topological polar surface area (TPSA) is 29.5 Å². The van der Waals surface area contributed by atoms with Crippen LogP contribution in [0.2, 0.25) is 0 Å². The van der Waals surface area contributed by atoms with Crippen molar-refractivity contribution in [1.82, 2.24) is 0 Å². The Morgan fingerprint density at radius 1 is 1.60 bits per heavy atom. The van der Waals surface area contributed by atoms with Gasteiger partial charge < -0.3 is 8.17 Å². The second kappa shape index (κ2) is 3.88. The van der Waals surface area contributed by atoms with Crippen LogP contribution in [0.4, 0.5) is 0 Å². The molecule has 2 nitrogen and oxygen atoms in total. The van der Waals surface area contributed by atoms with Crippen LogP contribution in [-0.4, -0.2) is 17.8 Å². The van der Waals surface area contributed by atoms with Gasteiger partial charge in [-0.05, 0) is 18.8 Å². The Labute approximate surface area is 75.6 Å². The molecular formula is C7H13IO2. The number of aliphatic hydroxyl groups excluding tert-OH is 1. The SMILES string of the molecule is CC1CC(O)C(COI)C1. The molecule has 1 saturated carbocycles. The van der Waals surface area contributed by atoms with Gasteiger partial charge in [-0.25, -0.2) is 0 Å². The van der Waals surface area contributed by atoms with E-state index in [1.54, 1.807) is 0 Å². The lowest BCUT2D eigenvalue weighted by Gasteiger charge is -2.10. The van der Waals surface area contributed by atoms with Gasteiger partial charge >= 0.3 is 0 Å². The molecule has 1 rings (SSSR count).